The summed E-state index contributed by atoms with van der Waals surface area (Å²) in [6.45, 7) is 0. The zero-order valence-electron chi connectivity index (χ0n) is 24.0. The van der Waals surface area contributed by atoms with Crippen LogP contribution >= 0.6 is 7.05 Å². The highest BCUT2D eigenvalue weighted by molar-refractivity contribution is 7.87. The van der Waals surface area contributed by atoms with E-state index in [-0.39, 0.29) is 5.56 Å². The molecule has 2 heterocycles. The summed E-state index contributed by atoms with van der Waals surface area (Å²) in [5, 5.41) is 6.59. The Morgan fingerprint density at radius 1 is 0.500 bits per heavy atom. The summed E-state index contributed by atoms with van der Waals surface area (Å²) in [6, 6.07) is 56.7. The van der Waals surface area contributed by atoms with Crippen molar-refractivity contribution >= 4 is 55.8 Å². The monoisotopic (exact) mass is 584 g/mol. The largest absolute Gasteiger partial charge is 0.275 e. The maximum absolute atomic E-state index is 14.8. The molecule has 210 valence electrons. The van der Waals surface area contributed by atoms with Gasteiger partial charge in [-0.25, -0.2) is 0 Å². The molecule has 2 aromatic heterocycles. The molecule has 4 heteroatoms. The molecule has 0 amide bonds. The van der Waals surface area contributed by atoms with E-state index in [0.717, 1.165) is 54.4 Å². The molecule has 8 aromatic rings. The lowest BCUT2D eigenvalue weighted by Gasteiger charge is -2.28. The first kappa shape index (κ1) is 26.4. The third-order valence-corrected chi connectivity index (χ3v) is 12.2. The van der Waals surface area contributed by atoms with Gasteiger partial charge in [-0.15, -0.1) is 0 Å². The molecule has 0 aliphatic rings. The van der Waals surface area contributed by atoms with E-state index >= 15 is 0 Å². The van der Waals surface area contributed by atoms with Gasteiger partial charge in [-0.05, 0) is 11.6 Å². The van der Waals surface area contributed by atoms with Crippen LogP contribution in [0.2, 0.25) is 0 Å². The number of rotatable bonds is 6. The molecule has 8 rings (SSSR count). The van der Waals surface area contributed by atoms with E-state index in [0.29, 0.717) is 12.0 Å². The van der Waals surface area contributed by atoms with Crippen molar-refractivity contribution in [2.75, 3.05) is 0 Å². The first-order valence-corrected chi connectivity index (χ1v) is 16.6. The van der Waals surface area contributed by atoms with E-state index in [4.69, 9.17) is 4.74 Å². The van der Waals surface area contributed by atoms with E-state index in [1.165, 1.54) is 0 Å². The molecule has 0 saturated heterocycles. The minimum absolute atomic E-state index is 0.00946. The molecule has 0 radical (unpaired) electrons. The van der Waals surface area contributed by atoms with Crippen LogP contribution in [0, 0.1) is 0 Å². The van der Waals surface area contributed by atoms with Crippen LogP contribution in [0.1, 0.15) is 11.1 Å². The van der Waals surface area contributed by atoms with Gasteiger partial charge in [0.2, 0.25) is 0 Å². The predicted octanol–water partition coefficient (Wildman–Crippen LogP) is 8.44. The molecule has 3 nitrogen and oxygen atoms in total. The summed E-state index contributed by atoms with van der Waals surface area (Å²) in [6.07, 6.45) is 0.485. The molecule has 44 heavy (non-hydrogen) atoms. The van der Waals surface area contributed by atoms with E-state index in [1.54, 1.807) is 0 Å². The average molecular weight is 585 g/mol. The average Bonchev–Trinajstić information content (AvgIpc) is 3.44. The summed E-state index contributed by atoms with van der Waals surface area (Å²) in [7, 11) is -2.64. The van der Waals surface area contributed by atoms with Crippen molar-refractivity contribution in [2.24, 2.45) is 4.74 Å². The van der Waals surface area contributed by atoms with Gasteiger partial charge in [-0.2, -0.15) is 0 Å². The third-order valence-electron chi connectivity index (χ3n) is 8.56. The smallest absolute Gasteiger partial charge is 0.261 e. The van der Waals surface area contributed by atoms with Crippen molar-refractivity contribution in [3.05, 3.63) is 185 Å². The summed E-state index contributed by atoms with van der Waals surface area (Å²) in [5.41, 5.74) is 4.43. The zero-order chi connectivity index (χ0) is 29.5. The molecule has 0 spiro atoms. The molecule has 0 fully saturated rings. The molecular weight excluding hydrogens is 555 g/mol. The maximum atomic E-state index is 14.8. The van der Waals surface area contributed by atoms with Crippen molar-refractivity contribution in [3.8, 4) is 0 Å². The van der Waals surface area contributed by atoms with Crippen molar-refractivity contribution < 1.29 is 0 Å². The lowest BCUT2D eigenvalue weighted by atomic mass is 10.0. The highest BCUT2D eigenvalue weighted by Crippen LogP contribution is 2.51. The van der Waals surface area contributed by atoms with Crippen LogP contribution in [0.3, 0.4) is 0 Å². The second-order valence-corrected chi connectivity index (χ2v) is 14.1. The second kappa shape index (κ2) is 10.8. The van der Waals surface area contributed by atoms with Gasteiger partial charge < -0.3 is 0 Å². The lowest BCUT2D eigenvalue weighted by Crippen LogP contribution is -2.25. The molecule has 0 bridgehead atoms. The van der Waals surface area contributed by atoms with Gasteiger partial charge in [0.1, 0.15) is 0 Å². The van der Waals surface area contributed by atoms with Crippen LogP contribution in [0.5, 0.6) is 0 Å². The molecule has 0 N–H and O–H groups in total. The Morgan fingerprint density at radius 3 is 1.57 bits per heavy atom. The van der Waals surface area contributed by atoms with Crippen LogP contribution in [0.25, 0.3) is 27.2 Å². The fourth-order valence-corrected chi connectivity index (χ4v) is 10.2. The van der Waals surface area contributed by atoms with Crippen molar-refractivity contribution in [3.63, 3.8) is 0 Å². The molecule has 0 saturated carbocycles. The van der Waals surface area contributed by atoms with Gasteiger partial charge in [0.15, 0.2) is 0 Å². The predicted molar refractivity (Wildman–Crippen MR) is 186 cm³/mol. The SMILES string of the molecule is O=c1c(Cc2ccccc2)c(N=P(c2ccccc2)(c2ccccc2)c2ccccc2)c2cccc3c4ccccc4n1c23. The Morgan fingerprint density at radius 2 is 0.977 bits per heavy atom. The molecule has 0 aliphatic carbocycles. The lowest BCUT2D eigenvalue weighted by molar-refractivity contribution is 1.07. The van der Waals surface area contributed by atoms with E-state index < -0.39 is 7.05 Å². The van der Waals surface area contributed by atoms with Crippen molar-refractivity contribution in [2.45, 2.75) is 6.42 Å². The number of aromatic nitrogens is 1. The van der Waals surface area contributed by atoms with Crippen molar-refractivity contribution in [1.29, 1.82) is 0 Å². The number of nitrogens with zero attached hydrogens (tertiary/aromatic N) is 2. The Hall–Kier alpha value is -5.24. The number of fused-ring (bicyclic) bond motifs is 3. The quantitative estimate of drug-likeness (QED) is 0.181. The minimum Gasteiger partial charge on any atom is -0.275 e. The number of hydrogen-bond donors (Lipinski definition) is 0. The normalized spacial score (nSPS) is 11.8. The Kier molecular flexibility index (Phi) is 6.47. The van der Waals surface area contributed by atoms with Crippen LogP contribution in [0.4, 0.5) is 5.69 Å². The number of para-hydroxylation sites is 2. The van der Waals surface area contributed by atoms with Crippen molar-refractivity contribution in [1.82, 2.24) is 4.40 Å². The van der Waals surface area contributed by atoms with Crippen LogP contribution in [0.15, 0.2) is 173 Å². The highest BCUT2D eigenvalue weighted by atomic mass is 31.2. The first-order chi connectivity index (χ1) is 21.8. The number of benzene rings is 6. The Balaban J connectivity index is 1.61. The van der Waals surface area contributed by atoms with E-state index in [9.17, 15) is 4.79 Å². The van der Waals surface area contributed by atoms with Crippen LogP contribution in [-0.2, 0) is 6.42 Å². The topological polar surface area (TPSA) is 33.8 Å². The van der Waals surface area contributed by atoms with Gasteiger partial charge in [0.05, 0.1) is 23.8 Å². The summed E-state index contributed by atoms with van der Waals surface area (Å²) >= 11 is 0. The fourth-order valence-electron chi connectivity index (χ4n) is 6.59. The third kappa shape index (κ3) is 4.12. The van der Waals surface area contributed by atoms with Crippen LogP contribution in [-0.4, -0.2) is 4.40 Å². The molecule has 0 atom stereocenters. The second-order valence-electron chi connectivity index (χ2n) is 11.1. The van der Waals surface area contributed by atoms with E-state index in [2.05, 4.69) is 133 Å². The summed E-state index contributed by atoms with van der Waals surface area (Å²) in [4.78, 5) is 14.8. The molecule has 0 unspecified atom stereocenters. The van der Waals surface area contributed by atoms with Gasteiger partial charge >= 0.3 is 0 Å². The Labute approximate surface area is 256 Å². The zero-order valence-corrected chi connectivity index (χ0v) is 24.9. The summed E-state index contributed by atoms with van der Waals surface area (Å²) < 4.78 is 7.88. The van der Waals surface area contributed by atoms with Gasteiger partial charge in [0, 0.05) is 44.1 Å². The fraction of sp³-hybridized carbons (Fsp3) is 0.0250. The summed E-state index contributed by atoms with van der Waals surface area (Å²) in [5.74, 6) is 0. The van der Waals surface area contributed by atoms with Gasteiger partial charge in [0.25, 0.3) is 5.56 Å². The first-order valence-electron chi connectivity index (χ1n) is 14.9. The number of hydrogen-bond acceptors (Lipinski definition) is 2. The van der Waals surface area contributed by atoms with Crippen LogP contribution < -0.4 is 21.5 Å². The molecular formula is C40H29N2OP. The maximum Gasteiger partial charge on any atom is 0.261 e. The molecule has 6 aromatic carbocycles. The Bertz CT molecular complexity index is 2260. The van der Waals surface area contributed by atoms with Gasteiger partial charge in [-0.1, -0.05) is 158 Å². The number of pyridine rings is 1. The van der Waals surface area contributed by atoms with E-state index in [1.807, 2.05) is 34.7 Å². The minimum atomic E-state index is -2.64. The standard InChI is InChI=1S/C40H29N2OP/c43-40-36(28-29-16-5-1-6-17-29)38(35-26-15-25-34-33-24-13-14-27-37(33)42(40)39(34)35)41-44(30-18-7-2-8-19-30,31-20-9-3-10-21-31)32-22-11-4-12-23-32/h1-27H,28H2. The molecule has 0 aliphatic heterocycles. The highest BCUT2D eigenvalue weighted by Gasteiger charge is 2.30. The van der Waals surface area contributed by atoms with Gasteiger partial charge in [-0.3, -0.25) is 13.9 Å².